The van der Waals surface area contributed by atoms with E-state index in [1.807, 2.05) is 0 Å². The van der Waals surface area contributed by atoms with Crippen LogP contribution in [0.1, 0.15) is 24.8 Å². The van der Waals surface area contributed by atoms with E-state index in [0.717, 1.165) is 45.3 Å². The molecule has 0 amide bonds. The van der Waals surface area contributed by atoms with Crippen LogP contribution in [0.25, 0.3) is 22.3 Å². The largest absolute Gasteiger partial charge is 0.419 e. The second kappa shape index (κ2) is 8.67. The molecule has 170 valence electrons. The SMILES string of the molecule is FC(F)(F)c1cnc(N[C@@H]2CCN(CC3CCNCC3)C2)nc1-c1c[nH]c2ncccc12. The number of likely N-dealkylation sites (tertiary alicyclic amines) is 1. The van der Waals surface area contributed by atoms with Crippen molar-refractivity contribution in [2.24, 2.45) is 5.92 Å². The standard InChI is InChI=1S/C22H26F3N7/c23-22(24,25)18-11-29-21(31-19(18)17-10-28-20-16(17)2-1-6-27-20)30-15-5-9-32(13-15)12-14-3-7-26-8-4-14/h1-2,6,10-11,14-15,26H,3-5,7-9,12-13H2,(H,27,28)(H,29,30,31)/t15-/m1/s1. The van der Waals surface area contributed by atoms with Gasteiger partial charge in [0.15, 0.2) is 0 Å². The molecule has 5 heterocycles. The van der Waals surface area contributed by atoms with Gasteiger partial charge < -0.3 is 20.5 Å². The molecule has 1 atom stereocenters. The van der Waals surface area contributed by atoms with Crippen molar-refractivity contribution in [2.45, 2.75) is 31.5 Å². The molecule has 3 aromatic heterocycles. The highest BCUT2D eigenvalue weighted by Gasteiger charge is 2.36. The van der Waals surface area contributed by atoms with Crippen molar-refractivity contribution in [3.05, 3.63) is 36.3 Å². The number of aromatic nitrogens is 4. The van der Waals surface area contributed by atoms with Gasteiger partial charge in [-0.1, -0.05) is 0 Å². The van der Waals surface area contributed by atoms with E-state index in [1.54, 1.807) is 18.3 Å². The zero-order valence-corrected chi connectivity index (χ0v) is 17.6. The number of aromatic amines is 1. The fourth-order valence-electron chi connectivity index (χ4n) is 4.74. The summed E-state index contributed by atoms with van der Waals surface area (Å²) in [6.07, 6.45) is 2.74. The Morgan fingerprint density at radius 3 is 2.81 bits per heavy atom. The van der Waals surface area contributed by atoms with Gasteiger partial charge in [0.05, 0.1) is 5.69 Å². The highest BCUT2D eigenvalue weighted by atomic mass is 19.4. The van der Waals surface area contributed by atoms with Crippen LogP contribution in [0.2, 0.25) is 0 Å². The number of rotatable bonds is 5. The normalized spacial score (nSPS) is 20.8. The van der Waals surface area contributed by atoms with Gasteiger partial charge in [-0.25, -0.2) is 15.0 Å². The smallest absolute Gasteiger partial charge is 0.350 e. The van der Waals surface area contributed by atoms with Gasteiger partial charge in [0, 0.05) is 55.2 Å². The summed E-state index contributed by atoms with van der Waals surface area (Å²) in [6, 6.07) is 3.55. The third-order valence-corrected chi connectivity index (χ3v) is 6.38. The zero-order chi connectivity index (χ0) is 22.1. The predicted molar refractivity (Wildman–Crippen MR) is 116 cm³/mol. The number of halogens is 3. The Labute approximate surface area is 183 Å². The van der Waals surface area contributed by atoms with Crippen LogP contribution in [0.3, 0.4) is 0 Å². The summed E-state index contributed by atoms with van der Waals surface area (Å²) in [5, 5.41) is 7.25. The van der Waals surface area contributed by atoms with E-state index < -0.39 is 11.7 Å². The lowest BCUT2D eigenvalue weighted by atomic mass is 9.98. The van der Waals surface area contributed by atoms with Crippen LogP contribution in [-0.4, -0.2) is 63.6 Å². The molecule has 3 aromatic rings. The quantitative estimate of drug-likeness (QED) is 0.558. The van der Waals surface area contributed by atoms with Gasteiger partial charge in [-0.15, -0.1) is 0 Å². The number of hydrogen-bond donors (Lipinski definition) is 3. The summed E-state index contributed by atoms with van der Waals surface area (Å²) in [5.74, 6) is 0.930. The van der Waals surface area contributed by atoms with Gasteiger partial charge in [0.25, 0.3) is 0 Å². The Hall–Kier alpha value is -2.72. The van der Waals surface area contributed by atoms with Gasteiger partial charge in [0.1, 0.15) is 11.2 Å². The molecule has 2 aliphatic rings. The average molecular weight is 445 g/mol. The number of nitrogens with one attached hydrogen (secondary N) is 3. The summed E-state index contributed by atoms with van der Waals surface area (Å²) < 4.78 is 41.1. The topological polar surface area (TPSA) is 81.8 Å². The number of piperidine rings is 1. The minimum atomic E-state index is -4.56. The van der Waals surface area contributed by atoms with E-state index in [2.05, 4.69) is 35.5 Å². The van der Waals surface area contributed by atoms with Crippen LogP contribution in [0.4, 0.5) is 19.1 Å². The van der Waals surface area contributed by atoms with E-state index in [0.29, 0.717) is 22.5 Å². The molecule has 2 aliphatic heterocycles. The van der Waals surface area contributed by atoms with Crippen LogP contribution >= 0.6 is 0 Å². The van der Waals surface area contributed by atoms with Gasteiger partial charge in [-0.3, -0.25) is 0 Å². The van der Waals surface area contributed by atoms with Crippen LogP contribution in [0.5, 0.6) is 0 Å². The van der Waals surface area contributed by atoms with Crippen molar-refractivity contribution >= 4 is 17.0 Å². The number of pyridine rings is 1. The highest BCUT2D eigenvalue weighted by Crippen LogP contribution is 2.38. The maximum atomic E-state index is 13.7. The van der Waals surface area contributed by atoms with E-state index in [-0.39, 0.29) is 17.7 Å². The fraction of sp³-hybridized carbons (Fsp3) is 0.500. The van der Waals surface area contributed by atoms with E-state index in [9.17, 15) is 13.2 Å². The minimum absolute atomic E-state index is 0.117. The Morgan fingerprint density at radius 2 is 2.00 bits per heavy atom. The number of fused-ring (bicyclic) bond motifs is 1. The van der Waals surface area contributed by atoms with Gasteiger partial charge in [-0.05, 0) is 50.4 Å². The number of H-pyrrole nitrogens is 1. The first-order valence-corrected chi connectivity index (χ1v) is 11.0. The summed E-state index contributed by atoms with van der Waals surface area (Å²) >= 11 is 0. The van der Waals surface area contributed by atoms with Crippen molar-refractivity contribution in [3.63, 3.8) is 0 Å². The van der Waals surface area contributed by atoms with Crippen molar-refractivity contribution in [2.75, 3.05) is 38.0 Å². The lowest BCUT2D eigenvalue weighted by Gasteiger charge is -2.27. The number of anilines is 1. The van der Waals surface area contributed by atoms with Crippen LogP contribution < -0.4 is 10.6 Å². The van der Waals surface area contributed by atoms with Crippen molar-refractivity contribution in [1.82, 2.24) is 30.2 Å². The number of hydrogen-bond acceptors (Lipinski definition) is 6. The fourth-order valence-corrected chi connectivity index (χ4v) is 4.74. The first-order valence-electron chi connectivity index (χ1n) is 11.0. The van der Waals surface area contributed by atoms with Crippen molar-refractivity contribution in [3.8, 4) is 11.3 Å². The Bertz CT molecular complexity index is 1070. The Morgan fingerprint density at radius 1 is 1.16 bits per heavy atom. The Kier molecular flexibility index (Phi) is 5.73. The second-order valence-corrected chi connectivity index (χ2v) is 8.64. The molecule has 2 saturated heterocycles. The molecule has 0 radical (unpaired) electrons. The van der Waals surface area contributed by atoms with Crippen molar-refractivity contribution in [1.29, 1.82) is 0 Å². The molecular weight excluding hydrogens is 419 g/mol. The monoisotopic (exact) mass is 445 g/mol. The second-order valence-electron chi connectivity index (χ2n) is 8.64. The zero-order valence-electron chi connectivity index (χ0n) is 17.6. The highest BCUT2D eigenvalue weighted by molar-refractivity contribution is 5.93. The minimum Gasteiger partial charge on any atom is -0.350 e. The summed E-state index contributed by atoms with van der Waals surface area (Å²) in [5.41, 5.74) is -0.108. The molecule has 0 spiro atoms. The number of alkyl halides is 3. The summed E-state index contributed by atoms with van der Waals surface area (Å²) in [7, 11) is 0. The molecule has 3 N–H and O–H groups in total. The average Bonchev–Trinajstić information content (AvgIpc) is 3.40. The van der Waals surface area contributed by atoms with Crippen LogP contribution in [-0.2, 0) is 6.18 Å². The van der Waals surface area contributed by atoms with E-state index >= 15 is 0 Å². The molecule has 7 nitrogen and oxygen atoms in total. The molecule has 0 aromatic carbocycles. The third kappa shape index (κ3) is 4.42. The van der Waals surface area contributed by atoms with Crippen LogP contribution in [0.15, 0.2) is 30.7 Å². The molecule has 0 unspecified atom stereocenters. The first kappa shape index (κ1) is 21.1. The summed E-state index contributed by atoms with van der Waals surface area (Å²) in [6.45, 7) is 5.04. The Balaban J connectivity index is 1.36. The molecule has 2 fully saturated rings. The molecule has 0 bridgehead atoms. The molecule has 32 heavy (non-hydrogen) atoms. The summed E-state index contributed by atoms with van der Waals surface area (Å²) in [4.78, 5) is 17.9. The third-order valence-electron chi connectivity index (χ3n) is 6.38. The molecule has 0 saturated carbocycles. The molecule has 5 rings (SSSR count). The maximum Gasteiger partial charge on any atom is 0.419 e. The number of nitrogens with zero attached hydrogens (tertiary/aromatic N) is 4. The lowest BCUT2D eigenvalue weighted by Crippen LogP contribution is -2.36. The lowest BCUT2D eigenvalue weighted by molar-refractivity contribution is -0.137. The first-order chi connectivity index (χ1) is 15.5. The van der Waals surface area contributed by atoms with E-state index in [1.165, 1.54) is 19.0 Å². The maximum absolute atomic E-state index is 13.7. The predicted octanol–water partition coefficient (Wildman–Crippen LogP) is 3.52. The van der Waals surface area contributed by atoms with Crippen LogP contribution in [0, 0.1) is 5.92 Å². The molecular formula is C22H26F3N7. The van der Waals surface area contributed by atoms with Gasteiger partial charge in [-0.2, -0.15) is 13.2 Å². The van der Waals surface area contributed by atoms with Gasteiger partial charge in [0.2, 0.25) is 5.95 Å². The van der Waals surface area contributed by atoms with E-state index in [4.69, 9.17) is 0 Å². The van der Waals surface area contributed by atoms with Crippen molar-refractivity contribution < 1.29 is 13.2 Å². The van der Waals surface area contributed by atoms with Gasteiger partial charge >= 0.3 is 6.18 Å². The molecule has 0 aliphatic carbocycles. The molecule has 10 heteroatoms.